The average molecular weight is 427 g/mol. The fraction of sp³-hybridized carbons (Fsp3) is 0.750. The predicted molar refractivity (Wildman–Crippen MR) is 104 cm³/mol. The van der Waals surface area contributed by atoms with Gasteiger partial charge in [0.2, 0.25) is 11.8 Å². The van der Waals surface area contributed by atoms with Crippen molar-refractivity contribution in [3.8, 4) is 0 Å². The molecule has 0 saturated carbocycles. The number of rotatable bonds is 3. The van der Waals surface area contributed by atoms with Gasteiger partial charge in [-0.3, -0.25) is 9.59 Å². The van der Waals surface area contributed by atoms with Gasteiger partial charge in [0.25, 0.3) is 0 Å². The molecule has 1 aromatic heterocycles. The molecule has 0 aliphatic carbocycles. The lowest BCUT2D eigenvalue weighted by Gasteiger charge is -2.33. The van der Waals surface area contributed by atoms with Crippen LogP contribution in [0.3, 0.4) is 0 Å². The first-order chi connectivity index (χ1) is 14.2. The number of fused-ring (bicyclic) bond motifs is 1. The highest BCUT2D eigenvalue weighted by Gasteiger charge is 2.46. The van der Waals surface area contributed by atoms with Crippen LogP contribution in [0, 0.1) is 5.92 Å². The van der Waals surface area contributed by atoms with Gasteiger partial charge in [-0.05, 0) is 33.1 Å². The minimum Gasteiger partial charge on any atom is -0.368 e. The van der Waals surface area contributed by atoms with E-state index >= 15 is 0 Å². The number of halogens is 3. The number of carbonyl (C=O) groups is 2. The lowest BCUT2D eigenvalue weighted by Crippen LogP contribution is -2.43. The second kappa shape index (κ2) is 7.77. The van der Waals surface area contributed by atoms with Crippen molar-refractivity contribution in [1.82, 2.24) is 19.6 Å². The highest BCUT2D eigenvalue weighted by atomic mass is 19.4. The van der Waals surface area contributed by atoms with Crippen LogP contribution in [0.25, 0.3) is 0 Å². The molecule has 30 heavy (non-hydrogen) atoms. The summed E-state index contributed by atoms with van der Waals surface area (Å²) >= 11 is 0. The Labute approximate surface area is 173 Å². The molecule has 0 radical (unpaired) electrons. The van der Waals surface area contributed by atoms with Crippen molar-refractivity contribution in [2.75, 3.05) is 31.5 Å². The summed E-state index contributed by atoms with van der Waals surface area (Å²) in [5.74, 6) is -0.0818. The Balaban J connectivity index is 1.49. The van der Waals surface area contributed by atoms with Crippen molar-refractivity contribution in [2.24, 2.45) is 5.92 Å². The molecule has 2 saturated heterocycles. The molecule has 7 nitrogen and oxygen atoms in total. The molecule has 0 bridgehead atoms. The minimum atomic E-state index is -4.36. The summed E-state index contributed by atoms with van der Waals surface area (Å²) in [6, 6.07) is -0.229. The zero-order chi connectivity index (χ0) is 21.6. The maximum atomic E-state index is 13.5. The number of hydrogen-bond donors (Lipinski definition) is 1. The van der Waals surface area contributed by atoms with Gasteiger partial charge in [0, 0.05) is 50.6 Å². The molecule has 4 rings (SSSR count). The highest BCUT2D eigenvalue weighted by molar-refractivity contribution is 5.89. The Morgan fingerprint density at radius 2 is 2.10 bits per heavy atom. The summed E-state index contributed by atoms with van der Waals surface area (Å²) in [5, 5.41) is 7.41. The van der Waals surface area contributed by atoms with Gasteiger partial charge in [0.05, 0.1) is 11.6 Å². The maximum absolute atomic E-state index is 13.5. The second-order valence-electron chi connectivity index (χ2n) is 8.69. The first-order valence-corrected chi connectivity index (χ1v) is 10.7. The first kappa shape index (κ1) is 21.0. The molecule has 2 unspecified atom stereocenters. The van der Waals surface area contributed by atoms with E-state index in [9.17, 15) is 22.8 Å². The average Bonchev–Trinajstić information content (AvgIpc) is 3.29. The van der Waals surface area contributed by atoms with E-state index in [-0.39, 0.29) is 42.5 Å². The standard InChI is InChI=1S/C20H28F3N5O2/c1-3-26-11-14(8-18(26)29)19(30)27-6-4-5-13(10-27)15-9-17-24-12(2)7-16(20(21,22)23)28(17)25-15/h9,12-14,16,24H,3-8,10-11H2,1-2H3/t12-,13?,14?,16-/m1/s1. The molecule has 3 aliphatic rings. The van der Waals surface area contributed by atoms with Crippen LogP contribution in [0.4, 0.5) is 19.0 Å². The summed E-state index contributed by atoms with van der Waals surface area (Å²) in [5.41, 5.74) is 0.594. The third kappa shape index (κ3) is 3.88. The van der Waals surface area contributed by atoms with E-state index in [0.29, 0.717) is 37.7 Å². The minimum absolute atomic E-state index is 0.00423. The summed E-state index contributed by atoms with van der Waals surface area (Å²) in [7, 11) is 0. The molecule has 0 spiro atoms. The molecule has 3 aliphatic heterocycles. The molecule has 166 valence electrons. The van der Waals surface area contributed by atoms with Crippen LogP contribution in [0.1, 0.15) is 57.2 Å². The lowest BCUT2D eigenvalue weighted by atomic mass is 9.93. The number of anilines is 1. The van der Waals surface area contributed by atoms with Crippen LogP contribution in [0.2, 0.25) is 0 Å². The van der Waals surface area contributed by atoms with Gasteiger partial charge in [-0.25, -0.2) is 4.68 Å². The summed E-state index contributed by atoms with van der Waals surface area (Å²) in [4.78, 5) is 28.4. The molecule has 2 amide bonds. The van der Waals surface area contributed by atoms with Gasteiger partial charge >= 0.3 is 6.18 Å². The molecule has 2 fully saturated rings. The van der Waals surface area contributed by atoms with Gasteiger partial charge in [0.1, 0.15) is 5.82 Å². The van der Waals surface area contributed by atoms with E-state index in [2.05, 4.69) is 10.4 Å². The van der Waals surface area contributed by atoms with Crippen molar-refractivity contribution in [1.29, 1.82) is 0 Å². The monoisotopic (exact) mass is 427 g/mol. The smallest absolute Gasteiger partial charge is 0.368 e. The van der Waals surface area contributed by atoms with Crippen molar-refractivity contribution < 1.29 is 22.8 Å². The van der Waals surface area contributed by atoms with Gasteiger partial charge in [-0.2, -0.15) is 18.3 Å². The number of amides is 2. The molecule has 4 heterocycles. The SMILES string of the molecule is CCN1CC(C(=O)N2CCCC(c3cc4n(n3)[C@@H](C(F)(F)F)C[C@@H](C)N4)C2)CC1=O. The molecule has 1 aromatic rings. The van der Waals surface area contributed by atoms with Crippen LogP contribution < -0.4 is 5.32 Å². The van der Waals surface area contributed by atoms with E-state index in [1.165, 1.54) is 0 Å². The Morgan fingerprint density at radius 3 is 2.77 bits per heavy atom. The summed E-state index contributed by atoms with van der Waals surface area (Å²) in [6.45, 7) is 5.71. The number of hydrogen-bond acceptors (Lipinski definition) is 4. The van der Waals surface area contributed by atoms with E-state index in [1.807, 2.05) is 6.92 Å². The number of nitrogens with zero attached hydrogens (tertiary/aromatic N) is 4. The van der Waals surface area contributed by atoms with Crippen LogP contribution in [0.15, 0.2) is 6.07 Å². The maximum Gasteiger partial charge on any atom is 0.410 e. The number of aromatic nitrogens is 2. The normalized spacial score (nSPS) is 29.7. The van der Waals surface area contributed by atoms with Crippen LogP contribution in [0.5, 0.6) is 0 Å². The summed E-state index contributed by atoms with van der Waals surface area (Å²) in [6.07, 6.45) is -2.64. The van der Waals surface area contributed by atoms with E-state index in [0.717, 1.165) is 17.5 Å². The quantitative estimate of drug-likeness (QED) is 0.806. The van der Waals surface area contributed by atoms with Crippen molar-refractivity contribution in [2.45, 2.75) is 63.7 Å². The van der Waals surface area contributed by atoms with E-state index < -0.39 is 12.2 Å². The van der Waals surface area contributed by atoms with Crippen molar-refractivity contribution in [3.05, 3.63) is 11.8 Å². The lowest BCUT2D eigenvalue weighted by molar-refractivity contribution is -0.173. The van der Waals surface area contributed by atoms with E-state index in [4.69, 9.17) is 0 Å². The zero-order valence-corrected chi connectivity index (χ0v) is 17.3. The fourth-order valence-electron chi connectivity index (χ4n) is 4.90. The Morgan fingerprint density at radius 1 is 1.33 bits per heavy atom. The van der Waals surface area contributed by atoms with Gasteiger partial charge in [-0.15, -0.1) is 0 Å². The first-order valence-electron chi connectivity index (χ1n) is 10.7. The number of nitrogens with one attached hydrogen (secondary N) is 1. The highest BCUT2D eigenvalue weighted by Crippen LogP contribution is 2.40. The molecule has 10 heteroatoms. The molecular weight excluding hydrogens is 399 g/mol. The molecule has 4 atom stereocenters. The largest absolute Gasteiger partial charge is 0.410 e. The molecule has 0 aromatic carbocycles. The Kier molecular flexibility index (Phi) is 5.44. The topological polar surface area (TPSA) is 70.5 Å². The third-order valence-electron chi connectivity index (χ3n) is 6.50. The second-order valence-corrected chi connectivity index (χ2v) is 8.69. The Hall–Kier alpha value is -2.26. The number of carbonyl (C=O) groups excluding carboxylic acids is 2. The third-order valence-corrected chi connectivity index (χ3v) is 6.50. The number of likely N-dealkylation sites (tertiary alicyclic amines) is 2. The van der Waals surface area contributed by atoms with Gasteiger partial charge in [0.15, 0.2) is 6.04 Å². The van der Waals surface area contributed by atoms with Crippen molar-refractivity contribution >= 4 is 17.6 Å². The Bertz CT molecular complexity index is 824. The van der Waals surface area contributed by atoms with Crippen molar-refractivity contribution in [3.63, 3.8) is 0 Å². The predicted octanol–water partition coefficient (Wildman–Crippen LogP) is 2.77. The van der Waals surface area contributed by atoms with Crippen LogP contribution in [-0.2, 0) is 9.59 Å². The zero-order valence-electron chi connectivity index (χ0n) is 17.3. The van der Waals surface area contributed by atoms with Gasteiger partial charge in [-0.1, -0.05) is 0 Å². The molecule has 1 N–H and O–H groups in total. The number of alkyl halides is 3. The summed E-state index contributed by atoms with van der Waals surface area (Å²) < 4.78 is 41.6. The number of piperidine rings is 1. The fourth-order valence-corrected chi connectivity index (χ4v) is 4.90. The van der Waals surface area contributed by atoms with E-state index in [1.54, 1.807) is 22.8 Å². The van der Waals surface area contributed by atoms with Gasteiger partial charge < -0.3 is 15.1 Å². The van der Waals surface area contributed by atoms with Crippen LogP contribution in [-0.4, -0.2) is 69.8 Å². The van der Waals surface area contributed by atoms with Crippen LogP contribution >= 0.6 is 0 Å². The molecular formula is C20H28F3N5O2.